The molecule has 2 aromatic rings. The average molecular weight is 466 g/mol. The Labute approximate surface area is 172 Å². The highest BCUT2D eigenvalue weighted by molar-refractivity contribution is 9.10. The van der Waals surface area contributed by atoms with Crippen molar-refractivity contribution in [2.24, 2.45) is 11.7 Å². The van der Waals surface area contributed by atoms with Gasteiger partial charge in [0.05, 0.1) is 10.8 Å². The third-order valence-electron chi connectivity index (χ3n) is 4.60. The minimum Gasteiger partial charge on any atom is -0.369 e. The predicted octanol–water partition coefficient (Wildman–Crippen LogP) is 2.59. The number of hydrogen-bond acceptors (Lipinski definition) is 4. The fourth-order valence-corrected chi connectivity index (χ4v) is 4.47. The van der Waals surface area contributed by atoms with E-state index in [4.69, 9.17) is 5.73 Å². The number of amides is 2. The lowest BCUT2D eigenvalue weighted by Gasteiger charge is -2.31. The molecular formula is C19H20BrN3O4S. The Morgan fingerprint density at radius 1 is 1.14 bits per heavy atom. The van der Waals surface area contributed by atoms with Gasteiger partial charge in [0.25, 0.3) is 15.9 Å². The lowest BCUT2D eigenvalue weighted by Crippen LogP contribution is -2.44. The maximum Gasteiger partial charge on any atom is 0.261 e. The molecule has 1 saturated heterocycles. The van der Waals surface area contributed by atoms with Crippen molar-refractivity contribution in [3.8, 4) is 0 Å². The first-order valence-electron chi connectivity index (χ1n) is 8.73. The molecule has 0 radical (unpaired) electrons. The standard InChI is InChI=1S/C19H20BrN3O4S/c20-15-6-8-16(9-7-15)22-28(26,27)17-5-1-3-13(11-17)19(25)23-10-2-4-14(12-23)18(21)24/h1,3,5-9,11,14,22H,2,4,10,12H2,(H2,21,24)/t14-/m0/s1. The molecule has 28 heavy (non-hydrogen) atoms. The van der Waals surface area contributed by atoms with Crippen LogP contribution in [0.1, 0.15) is 23.2 Å². The first-order valence-corrected chi connectivity index (χ1v) is 11.0. The van der Waals surface area contributed by atoms with Gasteiger partial charge in [-0.2, -0.15) is 0 Å². The lowest BCUT2D eigenvalue weighted by molar-refractivity contribution is -0.123. The molecule has 0 unspecified atom stereocenters. The van der Waals surface area contributed by atoms with Crippen molar-refractivity contribution in [3.05, 3.63) is 58.6 Å². The Morgan fingerprint density at radius 2 is 1.86 bits per heavy atom. The molecule has 3 N–H and O–H groups in total. The van der Waals surface area contributed by atoms with Crippen LogP contribution in [0.25, 0.3) is 0 Å². The number of primary amides is 1. The topological polar surface area (TPSA) is 110 Å². The lowest BCUT2D eigenvalue weighted by atomic mass is 9.97. The molecule has 1 fully saturated rings. The minimum absolute atomic E-state index is 0.00951. The summed E-state index contributed by atoms with van der Waals surface area (Å²) in [6.07, 6.45) is 1.34. The van der Waals surface area contributed by atoms with Crippen LogP contribution in [0.3, 0.4) is 0 Å². The summed E-state index contributed by atoms with van der Waals surface area (Å²) >= 11 is 3.30. The van der Waals surface area contributed by atoms with Gasteiger partial charge in [-0.05, 0) is 55.3 Å². The molecule has 148 valence electrons. The molecule has 0 aliphatic carbocycles. The maximum atomic E-state index is 12.8. The van der Waals surface area contributed by atoms with Crippen LogP contribution in [0.5, 0.6) is 0 Å². The number of carbonyl (C=O) groups excluding carboxylic acids is 2. The zero-order valence-electron chi connectivity index (χ0n) is 15.0. The van der Waals surface area contributed by atoms with Crippen LogP contribution in [0.2, 0.25) is 0 Å². The Kier molecular flexibility index (Phi) is 6.04. The number of nitrogens with one attached hydrogen (secondary N) is 1. The van der Waals surface area contributed by atoms with Crippen LogP contribution in [0.4, 0.5) is 5.69 Å². The molecule has 0 bridgehead atoms. The number of anilines is 1. The second kappa shape index (κ2) is 8.32. The van der Waals surface area contributed by atoms with E-state index in [2.05, 4.69) is 20.7 Å². The van der Waals surface area contributed by atoms with E-state index in [0.717, 1.165) is 4.47 Å². The van der Waals surface area contributed by atoms with E-state index in [-0.39, 0.29) is 28.8 Å². The van der Waals surface area contributed by atoms with Crippen LogP contribution in [-0.2, 0) is 14.8 Å². The number of hydrogen-bond donors (Lipinski definition) is 2. The largest absolute Gasteiger partial charge is 0.369 e. The van der Waals surface area contributed by atoms with Gasteiger partial charge in [-0.1, -0.05) is 22.0 Å². The molecule has 1 heterocycles. The SMILES string of the molecule is NC(=O)[C@H]1CCCN(C(=O)c2cccc(S(=O)(=O)Nc3ccc(Br)cc3)c2)C1. The molecular weight excluding hydrogens is 446 g/mol. The zero-order chi connectivity index (χ0) is 20.3. The fraction of sp³-hybridized carbons (Fsp3) is 0.263. The van der Waals surface area contributed by atoms with Crippen molar-refractivity contribution in [2.45, 2.75) is 17.7 Å². The van der Waals surface area contributed by atoms with Gasteiger partial charge < -0.3 is 10.6 Å². The summed E-state index contributed by atoms with van der Waals surface area (Å²) in [6, 6.07) is 12.6. The first kappa shape index (κ1) is 20.3. The van der Waals surface area contributed by atoms with Crippen molar-refractivity contribution in [1.29, 1.82) is 0 Å². The van der Waals surface area contributed by atoms with Crippen molar-refractivity contribution >= 4 is 43.5 Å². The average Bonchev–Trinajstić information content (AvgIpc) is 2.69. The Bertz CT molecular complexity index is 992. The molecule has 0 aromatic heterocycles. The Hall–Kier alpha value is -2.39. The van der Waals surface area contributed by atoms with Gasteiger partial charge in [0, 0.05) is 28.8 Å². The summed E-state index contributed by atoms with van der Waals surface area (Å²) in [5.41, 5.74) is 6.04. The second-order valence-electron chi connectivity index (χ2n) is 6.63. The van der Waals surface area contributed by atoms with Gasteiger partial charge in [-0.25, -0.2) is 8.42 Å². The van der Waals surface area contributed by atoms with E-state index < -0.39 is 15.9 Å². The van der Waals surface area contributed by atoms with Crippen LogP contribution in [0, 0.1) is 5.92 Å². The summed E-state index contributed by atoms with van der Waals surface area (Å²) in [6.45, 7) is 0.763. The highest BCUT2D eigenvalue weighted by Gasteiger charge is 2.28. The van der Waals surface area contributed by atoms with E-state index in [1.54, 1.807) is 35.2 Å². The number of piperidine rings is 1. The van der Waals surface area contributed by atoms with Gasteiger partial charge in [-0.15, -0.1) is 0 Å². The Morgan fingerprint density at radius 3 is 2.54 bits per heavy atom. The van der Waals surface area contributed by atoms with Gasteiger partial charge in [0.15, 0.2) is 0 Å². The quantitative estimate of drug-likeness (QED) is 0.706. The number of halogens is 1. The summed E-state index contributed by atoms with van der Waals surface area (Å²) in [5.74, 6) is -1.11. The van der Waals surface area contributed by atoms with Gasteiger partial charge in [-0.3, -0.25) is 14.3 Å². The van der Waals surface area contributed by atoms with E-state index in [1.165, 1.54) is 18.2 Å². The molecule has 2 amide bonds. The number of rotatable bonds is 5. The molecule has 9 heteroatoms. The smallest absolute Gasteiger partial charge is 0.261 e. The number of nitrogens with zero attached hydrogens (tertiary/aromatic N) is 1. The third-order valence-corrected chi connectivity index (χ3v) is 6.51. The Balaban J connectivity index is 1.80. The number of carbonyl (C=O) groups is 2. The summed E-state index contributed by atoms with van der Waals surface area (Å²) in [4.78, 5) is 25.8. The second-order valence-corrected chi connectivity index (χ2v) is 9.23. The van der Waals surface area contributed by atoms with Crippen molar-refractivity contribution in [3.63, 3.8) is 0 Å². The van der Waals surface area contributed by atoms with Crippen LogP contribution >= 0.6 is 15.9 Å². The number of nitrogens with two attached hydrogens (primary N) is 1. The highest BCUT2D eigenvalue weighted by Crippen LogP contribution is 2.22. The summed E-state index contributed by atoms with van der Waals surface area (Å²) in [5, 5.41) is 0. The monoisotopic (exact) mass is 465 g/mol. The third kappa shape index (κ3) is 4.71. The van der Waals surface area contributed by atoms with Gasteiger partial charge in [0.2, 0.25) is 5.91 Å². The fourth-order valence-electron chi connectivity index (χ4n) is 3.10. The van der Waals surface area contributed by atoms with Crippen LogP contribution < -0.4 is 10.5 Å². The van der Waals surface area contributed by atoms with Crippen LogP contribution in [0.15, 0.2) is 57.9 Å². The number of sulfonamides is 1. The van der Waals surface area contributed by atoms with E-state index in [0.29, 0.717) is 25.1 Å². The number of benzene rings is 2. The van der Waals surface area contributed by atoms with Crippen LogP contribution in [-0.4, -0.2) is 38.2 Å². The molecule has 7 nitrogen and oxygen atoms in total. The van der Waals surface area contributed by atoms with E-state index in [1.807, 2.05) is 0 Å². The van der Waals surface area contributed by atoms with Gasteiger partial charge >= 0.3 is 0 Å². The molecule has 0 saturated carbocycles. The maximum absolute atomic E-state index is 12.8. The summed E-state index contributed by atoms with van der Waals surface area (Å²) in [7, 11) is -3.85. The minimum atomic E-state index is -3.85. The van der Waals surface area contributed by atoms with E-state index >= 15 is 0 Å². The molecule has 2 aromatic carbocycles. The zero-order valence-corrected chi connectivity index (χ0v) is 17.4. The molecule has 1 atom stereocenters. The first-order chi connectivity index (χ1) is 13.3. The molecule has 0 spiro atoms. The van der Waals surface area contributed by atoms with Crippen molar-refractivity contribution < 1.29 is 18.0 Å². The molecule has 1 aliphatic heterocycles. The highest BCUT2D eigenvalue weighted by atomic mass is 79.9. The van der Waals surface area contributed by atoms with Crippen molar-refractivity contribution in [2.75, 3.05) is 17.8 Å². The predicted molar refractivity (Wildman–Crippen MR) is 109 cm³/mol. The number of likely N-dealkylation sites (tertiary alicyclic amines) is 1. The normalized spacial score (nSPS) is 17.2. The molecule has 1 aliphatic rings. The van der Waals surface area contributed by atoms with Crippen molar-refractivity contribution in [1.82, 2.24) is 4.90 Å². The van der Waals surface area contributed by atoms with E-state index in [9.17, 15) is 18.0 Å². The molecule has 3 rings (SSSR count). The van der Waals surface area contributed by atoms with Gasteiger partial charge in [0.1, 0.15) is 0 Å². The summed E-state index contributed by atoms with van der Waals surface area (Å²) < 4.78 is 28.7.